The predicted molar refractivity (Wildman–Crippen MR) is 99.3 cm³/mol. The lowest BCUT2D eigenvalue weighted by molar-refractivity contribution is -0.120. The maximum absolute atomic E-state index is 12.2. The number of carbonyl (C=O) groups is 1. The zero-order valence-corrected chi connectivity index (χ0v) is 16.0. The maximum atomic E-state index is 12.2. The number of thioether (sulfide) groups is 1. The minimum absolute atomic E-state index is 0.0207. The van der Waals surface area contributed by atoms with Gasteiger partial charge in [0.15, 0.2) is 11.0 Å². The summed E-state index contributed by atoms with van der Waals surface area (Å²) in [5.41, 5.74) is 0.956. The van der Waals surface area contributed by atoms with Gasteiger partial charge in [-0.2, -0.15) is 0 Å². The topological polar surface area (TPSA) is 59.8 Å². The van der Waals surface area contributed by atoms with Crippen molar-refractivity contribution in [3.05, 3.63) is 29.3 Å². The van der Waals surface area contributed by atoms with Crippen molar-refractivity contribution in [1.29, 1.82) is 0 Å². The van der Waals surface area contributed by atoms with Crippen LogP contribution in [0.5, 0.6) is 0 Å². The number of rotatable bonds is 7. The van der Waals surface area contributed by atoms with E-state index >= 15 is 0 Å². The van der Waals surface area contributed by atoms with Crippen molar-refractivity contribution in [1.82, 2.24) is 20.1 Å². The van der Waals surface area contributed by atoms with Crippen LogP contribution in [0.1, 0.15) is 27.7 Å². The van der Waals surface area contributed by atoms with Crippen molar-refractivity contribution in [2.75, 3.05) is 6.54 Å². The average Bonchev–Trinajstić information content (AvgIpc) is 2.95. The van der Waals surface area contributed by atoms with E-state index < -0.39 is 0 Å². The predicted octanol–water partition coefficient (Wildman–Crippen LogP) is 3.87. The van der Waals surface area contributed by atoms with Crippen molar-refractivity contribution < 1.29 is 4.79 Å². The van der Waals surface area contributed by atoms with Crippen LogP contribution in [0.2, 0.25) is 5.02 Å². The Morgan fingerprint density at radius 1 is 1.25 bits per heavy atom. The lowest BCUT2D eigenvalue weighted by atomic mass is 10.2. The number of aromatic nitrogens is 3. The first-order valence-corrected chi connectivity index (χ1v) is 9.31. The van der Waals surface area contributed by atoms with Crippen LogP contribution in [0.15, 0.2) is 29.4 Å². The van der Waals surface area contributed by atoms with Gasteiger partial charge in [0.1, 0.15) is 0 Å². The molecule has 1 amide bonds. The summed E-state index contributed by atoms with van der Waals surface area (Å²) in [4.78, 5) is 12.2. The molecule has 0 bridgehead atoms. The van der Waals surface area contributed by atoms with E-state index in [0.29, 0.717) is 17.5 Å². The van der Waals surface area contributed by atoms with E-state index in [0.717, 1.165) is 23.1 Å². The minimum Gasteiger partial charge on any atom is -0.355 e. The fourth-order valence-corrected chi connectivity index (χ4v) is 3.20. The van der Waals surface area contributed by atoms with Gasteiger partial charge < -0.3 is 9.88 Å². The lowest BCUT2D eigenvalue weighted by Crippen LogP contribution is -2.33. The largest absolute Gasteiger partial charge is 0.355 e. The van der Waals surface area contributed by atoms with Crippen molar-refractivity contribution in [3.63, 3.8) is 0 Å². The third-order valence-electron chi connectivity index (χ3n) is 3.47. The van der Waals surface area contributed by atoms with Gasteiger partial charge in [-0.25, -0.2) is 0 Å². The van der Waals surface area contributed by atoms with Gasteiger partial charge in [-0.1, -0.05) is 37.2 Å². The van der Waals surface area contributed by atoms with Crippen molar-refractivity contribution in [2.24, 2.45) is 5.92 Å². The Hall–Kier alpha value is -1.53. The number of hydrogen-bond donors (Lipinski definition) is 1. The molecular weight excluding hydrogens is 344 g/mol. The minimum atomic E-state index is -0.226. The van der Waals surface area contributed by atoms with Crippen LogP contribution in [-0.2, 0) is 11.3 Å². The molecular formula is C17H23ClN4OS. The number of benzene rings is 1. The van der Waals surface area contributed by atoms with E-state index in [4.69, 9.17) is 11.6 Å². The highest BCUT2D eigenvalue weighted by Crippen LogP contribution is 2.27. The molecule has 0 aliphatic heterocycles. The summed E-state index contributed by atoms with van der Waals surface area (Å²) in [5, 5.41) is 12.7. The Balaban J connectivity index is 2.14. The lowest BCUT2D eigenvalue weighted by Gasteiger charge is -2.13. The average molecular weight is 367 g/mol. The summed E-state index contributed by atoms with van der Waals surface area (Å²) in [6.45, 7) is 9.48. The number of halogens is 1. The van der Waals surface area contributed by atoms with Gasteiger partial charge in [0.2, 0.25) is 5.91 Å². The summed E-state index contributed by atoms with van der Waals surface area (Å²) in [5.74, 6) is 1.24. The molecule has 1 aromatic heterocycles. The van der Waals surface area contributed by atoms with E-state index in [1.54, 1.807) is 0 Å². The number of nitrogens with one attached hydrogen (secondary N) is 1. The zero-order valence-electron chi connectivity index (χ0n) is 14.4. The molecule has 0 aliphatic rings. The first-order chi connectivity index (χ1) is 11.4. The summed E-state index contributed by atoms with van der Waals surface area (Å²) < 4.78 is 2.01. The second-order valence-electron chi connectivity index (χ2n) is 5.96. The Labute approximate surface area is 152 Å². The third-order valence-corrected chi connectivity index (χ3v) is 4.80. The van der Waals surface area contributed by atoms with Crippen molar-refractivity contribution in [3.8, 4) is 11.4 Å². The fourth-order valence-electron chi connectivity index (χ4n) is 2.13. The van der Waals surface area contributed by atoms with Gasteiger partial charge in [0.05, 0.1) is 5.25 Å². The maximum Gasteiger partial charge on any atom is 0.233 e. The number of amides is 1. The van der Waals surface area contributed by atoms with Crippen LogP contribution < -0.4 is 5.32 Å². The van der Waals surface area contributed by atoms with Gasteiger partial charge in [0, 0.05) is 23.7 Å². The zero-order chi connectivity index (χ0) is 17.7. The molecule has 2 rings (SSSR count). The van der Waals surface area contributed by atoms with Crippen LogP contribution in [0.4, 0.5) is 0 Å². The highest BCUT2D eigenvalue weighted by molar-refractivity contribution is 8.00. The van der Waals surface area contributed by atoms with Crippen LogP contribution in [0.3, 0.4) is 0 Å². The Morgan fingerprint density at radius 3 is 2.50 bits per heavy atom. The molecule has 1 unspecified atom stereocenters. The van der Waals surface area contributed by atoms with E-state index in [1.165, 1.54) is 11.8 Å². The van der Waals surface area contributed by atoms with Gasteiger partial charge in [-0.05, 0) is 44.0 Å². The summed E-state index contributed by atoms with van der Waals surface area (Å²) in [6, 6.07) is 7.51. The first kappa shape index (κ1) is 18.8. The van der Waals surface area contributed by atoms with E-state index in [2.05, 4.69) is 29.4 Å². The first-order valence-electron chi connectivity index (χ1n) is 8.05. The molecule has 2 aromatic rings. The van der Waals surface area contributed by atoms with Crippen LogP contribution in [0, 0.1) is 5.92 Å². The SMILES string of the molecule is CCn1c(SC(C)C(=O)NCC(C)C)nnc1-c1ccc(Cl)cc1. The molecule has 130 valence electrons. The van der Waals surface area contributed by atoms with Crippen LogP contribution in [-0.4, -0.2) is 32.5 Å². The molecule has 0 fully saturated rings. The highest BCUT2D eigenvalue weighted by atomic mass is 35.5. The Kier molecular flexibility index (Phi) is 6.69. The van der Waals surface area contributed by atoms with E-state index in [1.807, 2.05) is 42.7 Å². The van der Waals surface area contributed by atoms with Gasteiger partial charge in [0.25, 0.3) is 0 Å². The molecule has 5 nitrogen and oxygen atoms in total. The molecule has 0 spiro atoms. The molecule has 1 aromatic carbocycles. The number of carbonyl (C=O) groups excluding carboxylic acids is 1. The molecule has 24 heavy (non-hydrogen) atoms. The number of nitrogens with zero attached hydrogens (tertiary/aromatic N) is 3. The second-order valence-corrected chi connectivity index (χ2v) is 7.70. The van der Waals surface area contributed by atoms with Crippen molar-refractivity contribution in [2.45, 2.75) is 44.6 Å². The molecule has 1 heterocycles. The van der Waals surface area contributed by atoms with Gasteiger partial charge in [-0.15, -0.1) is 10.2 Å². The van der Waals surface area contributed by atoms with Crippen LogP contribution >= 0.6 is 23.4 Å². The molecule has 1 N–H and O–H groups in total. The Morgan fingerprint density at radius 2 is 1.92 bits per heavy atom. The van der Waals surface area contributed by atoms with Gasteiger partial charge >= 0.3 is 0 Å². The third kappa shape index (κ3) is 4.74. The fraction of sp³-hybridized carbons (Fsp3) is 0.471. The van der Waals surface area contributed by atoms with Crippen LogP contribution in [0.25, 0.3) is 11.4 Å². The van der Waals surface area contributed by atoms with Crippen molar-refractivity contribution >= 4 is 29.3 Å². The molecule has 0 aliphatic carbocycles. The monoisotopic (exact) mass is 366 g/mol. The van der Waals surface area contributed by atoms with E-state index in [9.17, 15) is 4.79 Å². The number of hydrogen-bond acceptors (Lipinski definition) is 4. The molecule has 0 radical (unpaired) electrons. The Bertz CT molecular complexity index is 684. The summed E-state index contributed by atoms with van der Waals surface area (Å²) >= 11 is 7.37. The standard InChI is InChI=1S/C17H23ClN4OS/c1-5-22-15(13-6-8-14(18)9-7-13)20-21-17(22)24-12(4)16(23)19-10-11(2)3/h6-9,11-12H,5,10H2,1-4H3,(H,19,23). The molecule has 0 saturated heterocycles. The molecule has 1 atom stereocenters. The van der Waals surface area contributed by atoms with Gasteiger partial charge in [-0.3, -0.25) is 4.79 Å². The normalized spacial score (nSPS) is 12.4. The molecule has 0 saturated carbocycles. The highest BCUT2D eigenvalue weighted by Gasteiger charge is 2.20. The summed E-state index contributed by atoms with van der Waals surface area (Å²) in [6.07, 6.45) is 0. The summed E-state index contributed by atoms with van der Waals surface area (Å²) in [7, 11) is 0. The van der Waals surface area contributed by atoms with E-state index in [-0.39, 0.29) is 11.2 Å². The second kappa shape index (κ2) is 8.53. The smallest absolute Gasteiger partial charge is 0.233 e. The quantitative estimate of drug-likeness (QED) is 0.755. The molecule has 7 heteroatoms.